The van der Waals surface area contributed by atoms with Crippen molar-refractivity contribution in [2.45, 2.75) is 51.3 Å². The fourth-order valence-corrected chi connectivity index (χ4v) is 4.06. The van der Waals surface area contributed by atoms with E-state index in [-0.39, 0.29) is 34.8 Å². The molecule has 0 bridgehead atoms. The van der Waals surface area contributed by atoms with Crippen LogP contribution in [-0.2, 0) is 4.79 Å². The average Bonchev–Trinajstić information content (AvgIpc) is 3.31. The molecule has 2 amide bonds. The number of likely N-dealkylation sites (N-methyl/N-ethyl adjacent to an activating group) is 1. The average molecular weight is 493 g/mol. The number of oxazole rings is 1. The molecule has 0 radical (unpaired) electrons. The molecule has 2 N–H and O–H groups in total. The zero-order valence-electron chi connectivity index (χ0n) is 20.0. The molecule has 1 saturated carbocycles. The number of hydrogen-bond donors (Lipinski definition) is 1. The van der Waals surface area contributed by atoms with Crippen molar-refractivity contribution in [1.29, 1.82) is 0 Å². The summed E-state index contributed by atoms with van der Waals surface area (Å²) in [6.45, 7) is -0.530. The number of carbonyl (C=O) groups excluding carboxylic acids is 2. The fraction of sp³-hybridized carbons (Fsp3) is 0.542. The highest BCUT2D eigenvalue weighted by Gasteiger charge is 2.38. The number of ether oxygens (including phenoxy) is 2. The predicted octanol–water partition coefficient (Wildman–Crippen LogP) is 3.44. The zero-order valence-corrected chi connectivity index (χ0v) is 20.0. The Morgan fingerprint density at radius 1 is 1.26 bits per heavy atom. The van der Waals surface area contributed by atoms with Crippen molar-refractivity contribution in [2.24, 2.45) is 11.7 Å². The third-order valence-electron chi connectivity index (χ3n) is 6.09. The highest BCUT2D eigenvalue weighted by molar-refractivity contribution is 5.97. The van der Waals surface area contributed by atoms with Gasteiger partial charge in [-0.3, -0.25) is 9.59 Å². The monoisotopic (exact) mass is 492 g/mol. The second-order valence-corrected chi connectivity index (χ2v) is 9.20. The van der Waals surface area contributed by atoms with Gasteiger partial charge in [0.2, 0.25) is 11.8 Å². The third-order valence-corrected chi connectivity index (χ3v) is 6.09. The van der Waals surface area contributed by atoms with Crippen LogP contribution in [-0.4, -0.2) is 66.5 Å². The minimum absolute atomic E-state index is 0.0295. The normalized spacial score (nSPS) is 18.6. The van der Waals surface area contributed by atoms with E-state index in [0.717, 1.165) is 12.8 Å². The summed E-state index contributed by atoms with van der Waals surface area (Å²) in [6, 6.07) is 3.13. The third kappa shape index (κ3) is 5.55. The van der Waals surface area contributed by atoms with Crippen LogP contribution in [0.3, 0.4) is 0 Å². The Morgan fingerprint density at radius 3 is 2.63 bits per heavy atom. The summed E-state index contributed by atoms with van der Waals surface area (Å²) >= 11 is 0. The number of halogens is 2. The van der Waals surface area contributed by atoms with E-state index in [4.69, 9.17) is 14.9 Å². The van der Waals surface area contributed by atoms with Gasteiger partial charge in [0.25, 0.3) is 5.91 Å². The first-order chi connectivity index (χ1) is 16.7. The van der Waals surface area contributed by atoms with E-state index < -0.39 is 24.6 Å². The van der Waals surface area contributed by atoms with Gasteiger partial charge in [0, 0.05) is 26.2 Å². The Bertz CT molecular complexity index is 1080. The molecule has 9 nitrogen and oxygen atoms in total. The molecule has 1 saturated heterocycles. The van der Waals surface area contributed by atoms with Gasteiger partial charge in [-0.1, -0.05) is 0 Å². The summed E-state index contributed by atoms with van der Waals surface area (Å²) in [4.78, 5) is 33.4. The number of alkyl halides is 2. The van der Waals surface area contributed by atoms with Gasteiger partial charge in [0.1, 0.15) is 6.04 Å². The molecule has 1 aromatic heterocycles. The first-order valence-corrected chi connectivity index (χ1v) is 11.7. The predicted molar refractivity (Wildman–Crippen MR) is 122 cm³/mol. The van der Waals surface area contributed by atoms with Crippen LogP contribution in [0, 0.1) is 5.92 Å². The van der Waals surface area contributed by atoms with E-state index in [2.05, 4.69) is 9.72 Å². The van der Waals surface area contributed by atoms with Crippen LogP contribution < -0.4 is 15.2 Å². The molecule has 190 valence electrons. The molecule has 2 aliphatic rings. The second-order valence-electron chi connectivity index (χ2n) is 9.20. The summed E-state index contributed by atoms with van der Waals surface area (Å²) in [7, 11) is 3.30. The largest absolute Gasteiger partial charge is 0.489 e. The number of amides is 2. The van der Waals surface area contributed by atoms with Gasteiger partial charge in [0.15, 0.2) is 23.0 Å². The molecular formula is C24H30F2N4O5. The van der Waals surface area contributed by atoms with Crippen molar-refractivity contribution >= 4 is 11.8 Å². The van der Waals surface area contributed by atoms with Crippen molar-refractivity contribution in [3.63, 3.8) is 0 Å². The van der Waals surface area contributed by atoms with E-state index in [1.165, 1.54) is 28.0 Å². The first kappa shape index (κ1) is 24.9. The van der Waals surface area contributed by atoms with Gasteiger partial charge >= 0.3 is 6.61 Å². The lowest BCUT2D eigenvalue weighted by atomic mass is 10.1. The van der Waals surface area contributed by atoms with E-state index >= 15 is 0 Å². The van der Waals surface area contributed by atoms with Crippen LogP contribution in [0.25, 0.3) is 11.5 Å². The fourth-order valence-electron chi connectivity index (χ4n) is 4.06. The topological polar surface area (TPSA) is 111 Å². The van der Waals surface area contributed by atoms with E-state index in [1.807, 2.05) is 0 Å². The minimum Gasteiger partial charge on any atom is -0.489 e. The molecule has 2 aromatic rings. The van der Waals surface area contributed by atoms with Crippen LogP contribution in [0.2, 0.25) is 0 Å². The van der Waals surface area contributed by atoms with Crippen molar-refractivity contribution in [3.05, 3.63) is 29.7 Å². The van der Waals surface area contributed by atoms with Crippen molar-refractivity contribution < 1.29 is 32.3 Å². The van der Waals surface area contributed by atoms with Crippen molar-refractivity contribution in [1.82, 2.24) is 14.8 Å². The Balaban J connectivity index is 1.65. The van der Waals surface area contributed by atoms with E-state index in [9.17, 15) is 18.4 Å². The lowest BCUT2D eigenvalue weighted by Gasteiger charge is -2.25. The number of nitrogens with zero attached hydrogens (tertiary/aromatic N) is 3. The number of nitrogens with two attached hydrogens (primary N) is 1. The maximum atomic E-state index is 13.4. The van der Waals surface area contributed by atoms with Crippen LogP contribution in [0.4, 0.5) is 8.78 Å². The molecule has 2 heterocycles. The van der Waals surface area contributed by atoms with Crippen LogP contribution in [0.5, 0.6) is 11.5 Å². The van der Waals surface area contributed by atoms with Crippen molar-refractivity contribution in [2.75, 3.05) is 27.2 Å². The number of aromatic nitrogens is 1. The summed E-state index contributed by atoms with van der Waals surface area (Å²) in [5.41, 5.74) is 6.52. The summed E-state index contributed by atoms with van der Waals surface area (Å²) < 4.78 is 41.9. The van der Waals surface area contributed by atoms with Gasteiger partial charge in [-0.2, -0.15) is 8.78 Å². The van der Waals surface area contributed by atoms with Gasteiger partial charge in [0.05, 0.1) is 12.6 Å². The summed E-state index contributed by atoms with van der Waals surface area (Å²) in [5.74, 6) is 0.117. The van der Waals surface area contributed by atoms with E-state index in [1.54, 1.807) is 21.0 Å². The van der Waals surface area contributed by atoms with Gasteiger partial charge in [-0.25, -0.2) is 4.98 Å². The van der Waals surface area contributed by atoms with Crippen LogP contribution in [0.1, 0.15) is 54.9 Å². The smallest absolute Gasteiger partial charge is 0.387 e. The minimum atomic E-state index is -3.00. The van der Waals surface area contributed by atoms with Gasteiger partial charge in [-0.05, 0) is 56.7 Å². The van der Waals surface area contributed by atoms with Gasteiger partial charge < -0.3 is 29.4 Å². The molecular weight excluding hydrogens is 462 g/mol. The lowest BCUT2D eigenvalue weighted by Crippen LogP contribution is -2.45. The highest BCUT2D eigenvalue weighted by Crippen LogP contribution is 2.37. The molecule has 0 spiro atoms. The molecule has 1 aliphatic carbocycles. The molecule has 1 aliphatic heterocycles. The molecule has 4 rings (SSSR count). The van der Waals surface area contributed by atoms with Crippen LogP contribution >= 0.6 is 0 Å². The maximum Gasteiger partial charge on any atom is 0.387 e. The Labute approximate surface area is 202 Å². The Hall–Kier alpha value is -3.21. The molecule has 35 heavy (non-hydrogen) atoms. The molecule has 2 atom stereocenters. The second kappa shape index (κ2) is 10.2. The number of carbonyl (C=O) groups is 2. The molecule has 2 fully saturated rings. The lowest BCUT2D eigenvalue weighted by molar-refractivity contribution is -0.132. The number of rotatable bonds is 9. The van der Waals surface area contributed by atoms with Crippen LogP contribution in [0.15, 0.2) is 22.6 Å². The van der Waals surface area contributed by atoms with E-state index in [0.29, 0.717) is 37.5 Å². The number of benzene rings is 1. The highest BCUT2D eigenvalue weighted by atomic mass is 19.3. The summed E-state index contributed by atoms with van der Waals surface area (Å²) in [6.07, 6.45) is 3.32. The molecule has 1 aromatic carbocycles. The van der Waals surface area contributed by atoms with Gasteiger partial charge in [-0.15, -0.1) is 0 Å². The zero-order chi connectivity index (χ0) is 25.3. The number of likely N-dealkylation sites (tertiary alicyclic amines) is 1. The van der Waals surface area contributed by atoms with Crippen molar-refractivity contribution in [3.8, 4) is 23.0 Å². The first-order valence-electron chi connectivity index (χ1n) is 11.7. The molecule has 11 heteroatoms. The molecule has 0 unspecified atom stereocenters. The quantitative estimate of drug-likeness (QED) is 0.571. The standard InChI is InChI=1S/C24H30F2N4O5/c1-13(27)20-19(23(32)30-10-4-5-16(30)22(31)29(2)3)28-21(35-20)15-8-9-17(34-24(25)26)18(11-15)33-12-14-6-7-14/h8-9,11,13-14,16,24H,4-7,10,12,27H2,1-3H3/t13-,16-/m0/s1. The maximum absolute atomic E-state index is 13.4. The Morgan fingerprint density at radius 2 is 2.00 bits per heavy atom. The summed E-state index contributed by atoms with van der Waals surface area (Å²) in [5, 5.41) is 0. The SMILES string of the molecule is C[C@H](N)c1oc(-c2ccc(OC(F)F)c(OCC3CC3)c2)nc1C(=O)N1CCC[C@H]1C(=O)N(C)C. The number of hydrogen-bond acceptors (Lipinski definition) is 7. The Kier molecular flexibility index (Phi) is 7.25.